The Morgan fingerprint density at radius 2 is 1.89 bits per heavy atom. The van der Waals surface area contributed by atoms with Crippen molar-refractivity contribution in [3.05, 3.63) is 0 Å². The molecule has 9 heavy (non-hydrogen) atoms. The van der Waals surface area contributed by atoms with Crippen LogP contribution in [0.3, 0.4) is 0 Å². The summed E-state index contributed by atoms with van der Waals surface area (Å²) in [6, 6.07) is 0.866. The van der Waals surface area contributed by atoms with Crippen LogP contribution in [0.2, 0.25) is 0 Å². The highest BCUT2D eigenvalue weighted by Gasteiger charge is 2.24. The van der Waals surface area contributed by atoms with Gasteiger partial charge >= 0.3 is 0 Å². The van der Waals surface area contributed by atoms with Crippen LogP contribution in [0, 0.1) is 5.92 Å². The topological polar surface area (TPSA) is 3.24 Å². The van der Waals surface area contributed by atoms with Crippen molar-refractivity contribution >= 4 is 0 Å². The zero-order valence-electron chi connectivity index (χ0n) is 6.72. The molecule has 0 aromatic rings. The highest BCUT2D eigenvalue weighted by atomic mass is 15.1. The van der Waals surface area contributed by atoms with E-state index in [-0.39, 0.29) is 0 Å². The minimum atomic E-state index is 0.866. The normalized spacial score (nSPS) is 36.0. The summed E-state index contributed by atoms with van der Waals surface area (Å²) < 4.78 is 0. The first kappa shape index (κ1) is 7.07. The molecule has 1 aliphatic carbocycles. The van der Waals surface area contributed by atoms with Gasteiger partial charge < -0.3 is 4.90 Å². The van der Waals surface area contributed by atoms with Crippen LogP contribution in [-0.2, 0) is 0 Å². The van der Waals surface area contributed by atoms with E-state index in [1.54, 1.807) is 0 Å². The van der Waals surface area contributed by atoms with Gasteiger partial charge in [-0.1, -0.05) is 13.3 Å². The maximum atomic E-state index is 2.36. The van der Waals surface area contributed by atoms with Crippen LogP contribution in [0.1, 0.15) is 26.2 Å². The first-order valence-electron chi connectivity index (χ1n) is 3.88. The highest BCUT2D eigenvalue weighted by molar-refractivity contribution is 4.79. The molecule has 1 heteroatoms. The molecule has 0 N–H and O–H groups in total. The molecule has 1 fully saturated rings. The van der Waals surface area contributed by atoms with Crippen molar-refractivity contribution in [2.75, 3.05) is 14.1 Å². The van der Waals surface area contributed by atoms with Crippen molar-refractivity contribution in [1.29, 1.82) is 0 Å². The molecule has 0 aromatic carbocycles. The van der Waals surface area contributed by atoms with Gasteiger partial charge in [0.15, 0.2) is 0 Å². The number of rotatable bonds is 1. The SMILES string of the molecule is C[C@@H]1CCC[C@H]1N(C)C. The highest BCUT2D eigenvalue weighted by Crippen LogP contribution is 2.27. The first-order chi connectivity index (χ1) is 4.22. The molecule has 0 spiro atoms. The third kappa shape index (κ3) is 1.45. The van der Waals surface area contributed by atoms with Crippen molar-refractivity contribution in [2.45, 2.75) is 32.2 Å². The molecule has 0 aliphatic heterocycles. The Hall–Kier alpha value is -0.0400. The lowest BCUT2D eigenvalue weighted by atomic mass is 10.1. The van der Waals surface area contributed by atoms with Crippen LogP contribution in [0.5, 0.6) is 0 Å². The standard InChI is InChI=1S/C8H17N/c1-7-5-4-6-8(7)9(2)3/h7-8H,4-6H2,1-3H3/t7-,8-/m1/s1. The van der Waals surface area contributed by atoms with Crippen LogP contribution < -0.4 is 0 Å². The lowest BCUT2D eigenvalue weighted by Gasteiger charge is -2.22. The van der Waals surface area contributed by atoms with Gasteiger partial charge in [0, 0.05) is 6.04 Å². The van der Waals surface area contributed by atoms with E-state index in [1.165, 1.54) is 19.3 Å². The predicted octanol–water partition coefficient (Wildman–Crippen LogP) is 1.74. The Morgan fingerprint density at radius 3 is 2.11 bits per heavy atom. The van der Waals surface area contributed by atoms with E-state index >= 15 is 0 Å². The fourth-order valence-corrected chi connectivity index (χ4v) is 1.89. The predicted molar refractivity (Wildman–Crippen MR) is 40.5 cm³/mol. The smallest absolute Gasteiger partial charge is 0.0115 e. The minimum absolute atomic E-state index is 0.866. The molecule has 0 bridgehead atoms. The Bertz CT molecular complexity index is 88.6. The molecule has 0 saturated heterocycles. The summed E-state index contributed by atoms with van der Waals surface area (Å²) in [4.78, 5) is 2.36. The van der Waals surface area contributed by atoms with E-state index < -0.39 is 0 Å². The summed E-state index contributed by atoms with van der Waals surface area (Å²) in [6.45, 7) is 2.36. The second kappa shape index (κ2) is 2.70. The van der Waals surface area contributed by atoms with Gasteiger partial charge in [-0.15, -0.1) is 0 Å². The summed E-state index contributed by atoms with van der Waals surface area (Å²) in [5, 5.41) is 0. The molecule has 0 radical (unpaired) electrons. The van der Waals surface area contributed by atoms with E-state index in [9.17, 15) is 0 Å². The molecular weight excluding hydrogens is 110 g/mol. The molecular formula is C8H17N. The van der Waals surface area contributed by atoms with E-state index in [1.807, 2.05) is 0 Å². The van der Waals surface area contributed by atoms with Crippen molar-refractivity contribution in [3.63, 3.8) is 0 Å². The summed E-state index contributed by atoms with van der Waals surface area (Å²) in [6.07, 6.45) is 4.28. The van der Waals surface area contributed by atoms with Gasteiger partial charge in [-0.05, 0) is 32.9 Å². The Kier molecular flexibility index (Phi) is 2.12. The molecule has 0 heterocycles. The van der Waals surface area contributed by atoms with E-state index in [2.05, 4.69) is 25.9 Å². The van der Waals surface area contributed by atoms with Crippen LogP contribution >= 0.6 is 0 Å². The van der Waals surface area contributed by atoms with E-state index in [4.69, 9.17) is 0 Å². The zero-order valence-corrected chi connectivity index (χ0v) is 6.72. The molecule has 0 amide bonds. The molecule has 1 nitrogen and oxygen atoms in total. The molecule has 0 aromatic heterocycles. The van der Waals surface area contributed by atoms with Gasteiger partial charge in [0.05, 0.1) is 0 Å². The maximum absolute atomic E-state index is 2.36. The van der Waals surface area contributed by atoms with Crippen molar-refractivity contribution in [3.8, 4) is 0 Å². The van der Waals surface area contributed by atoms with Gasteiger partial charge in [-0.25, -0.2) is 0 Å². The third-order valence-electron chi connectivity index (χ3n) is 2.48. The monoisotopic (exact) mass is 127 g/mol. The van der Waals surface area contributed by atoms with Crippen molar-refractivity contribution in [1.82, 2.24) is 4.90 Å². The lowest BCUT2D eigenvalue weighted by Crippen LogP contribution is -2.29. The largest absolute Gasteiger partial charge is 0.306 e. The van der Waals surface area contributed by atoms with Crippen molar-refractivity contribution < 1.29 is 0 Å². The zero-order chi connectivity index (χ0) is 6.85. The average Bonchev–Trinajstić information content (AvgIpc) is 2.13. The Labute approximate surface area is 58.0 Å². The number of nitrogens with zero attached hydrogens (tertiary/aromatic N) is 1. The fraction of sp³-hybridized carbons (Fsp3) is 1.00. The number of hydrogen-bond donors (Lipinski definition) is 0. The second-order valence-corrected chi connectivity index (χ2v) is 3.44. The maximum Gasteiger partial charge on any atom is 0.0115 e. The fourth-order valence-electron chi connectivity index (χ4n) is 1.89. The quantitative estimate of drug-likeness (QED) is 0.518. The van der Waals surface area contributed by atoms with Gasteiger partial charge in [0.2, 0.25) is 0 Å². The van der Waals surface area contributed by atoms with Gasteiger partial charge in [0.25, 0.3) is 0 Å². The summed E-state index contributed by atoms with van der Waals surface area (Å²) >= 11 is 0. The average molecular weight is 127 g/mol. The minimum Gasteiger partial charge on any atom is -0.306 e. The van der Waals surface area contributed by atoms with Crippen molar-refractivity contribution in [2.24, 2.45) is 5.92 Å². The molecule has 1 rings (SSSR count). The van der Waals surface area contributed by atoms with Crippen LogP contribution in [0.15, 0.2) is 0 Å². The molecule has 54 valence electrons. The number of hydrogen-bond acceptors (Lipinski definition) is 1. The van der Waals surface area contributed by atoms with Crippen LogP contribution in [0.25, 0.3) is 0 Å². The van der Waals surface area contributed by atoms with Gasteiger partial charge in [-0.2, -0.15) is 0 Å². The first-order valence-corrected chi connectivity index (χ1v) is 3.88. The molecule has 2 atom stereocenters. The molecule has 1 saturated carbocycles. The lowest BCUT2D eigenvalue weighted by molar-refractivity contribution is 0.249. The summed E-state index contributed by atoms with van der Waals surface area (Å²) in [5.74, 6) is 0.931. The van der Waals surface area contributed by atoms with Crippen LogP contribution in [-0.4, -0.2) is 25.0 Å². The van der Waals surface area contributed by atoms with E-state index in [0.717, 1.165) is 12.0 Å². The third-order valence-corrected chi connectivity index (χ3v) is 2.48. The van der Waals surface area contributed by atoms with Crippen LogP contribution in [0.4, 0.5) is 0 Å². The summed E-state index contributed by atoms with van der Waals surface area (Å²) in [5.41, 5.74) is 0. The van der Waals surface area contributed by atoms with Gasteiger partial charge in [-0.3, -0.25) is 0 Å². The Balaban J connectivity index is 2.40. The second-order valence-electron chi connectivity index (χ2n) is 3.44. The molecule has 0 unspecified atom stereocenters. The van der Waals surface area contributed by atoms with Gasteiger partial charge in [0.1, 0.15) is 0 Å². The Morgan fingerprint density at radius 1 is 1.22 bits per heavy atom. The molecule has 1 aliphatic rings. The van der Waals surface area contributed by atoms with E-state index in [0.29, 0.717) is 0 Å². The summed E-state index contributed by atoms with van der Waals surface area (Å²) in [7, 11) is 4.37.